The Bertz CT molecular complexity index is 347. The molecule has 80 valence electrons. The summed E-state index contributed by atoms with van der Waals surface area (Å²) < 4.78 is 4.65. The van der Waals surface area contributed by atoms with Crippen molar-refractivity contribution >= 4 is 29.5 Å². The number of benzene rings is 1. The highest BCUT2D eigenvalue weighted by molar-refractivity contribution is 8.06. The molecule has 0 N–H and O–H groups in total. The zero-order valence-electron chi connectivity index (χ0n) is 8.60. The summed E-state index contributed by atoms with van der Waals surface area (Å²) in [7, 11) is 1.39. The molecule has 0 saturated heterocycles. The van der Waals surface area contributed by atoms with Gasteiger partial charge in [0.05, 0.1) is 12.0 Å². The van der Waals surface area contributed by atoms with Crippen LogP contribution in [0.5, 0.6) is 0 Å². The number of rotatable bonds is 4. The fraction of sp³-hybridized carbons (Fsp3) is 0.182. The molecule has 0 bridgehead atoms. The van der Waals surface area contributed by atoms with E-state index in [1.54, 1.807) is 0 Å². The van der Waals surface area contributed by atoms with Crippen LogP contribution < -0.4 is 0 Å². The Morgan fingerprint density at radius 1 is 1.33 bits per heavy atom. The fourth-order valence-electron chi connectivity index (χ4n) is 0.901. The lowest BCUT2D eigenvalue weighted by atomic mass is 10.4. The Balaban J connectivity index is 2.67. The maximum Gasteiger partial charge on any atom is 0.344 e. The zero-order valence-corrected chi connectivity index (χ0v) is 10.2. The molecule has 0 spiro atoms. The van der Waals surface area contributed by atoms with Crippen LogP contribution in [-0.4, -0.2) is 19.3 Å². The number of carbonyl (C=O) groups excluding carboxylic acids is 1. The zero-order chi connectivity index (χ0) is 11.1. The van der Waals surface area contributed by atoms with Crippen molar-refractivity contribution in [3.05, 3.63) is 40.6 Å². The summed E-state index contributed by atoms with van der Waals surface area (Å²) in [5.41, 5.74) is 0. The quantitative estimate of drug-likeness (QED) is 0.459. The normalized spacial score (nSPS) is 11.2. The molecule has 0 amide bonds. The first kappa shape index (κ1) is 12.2. The van der Waals surface area contributed by atoms with Gasteiger partial charge in [0.25, 0.3) is 0 Å². The van der Waals surface area contributed by atoms with Gasteiger partial charge in [-0.2, -0.15) is 0 Å². The average Bonchev–Trinajstić information content (AvgIpc) is 2.31. The van der Waals surface area contributed by atoms with Crippen molar-refractivity contribution in [1.29, 1.82) is 0 Å². The van der Waals surface area contributed by atoms with Crippen LogP contribution in [0.1, 0.15) is 0 Å². The third kappa shape index (κ3) is 4.01. The maximum absolute atomic E-state index is 11.2. The minimum Gasteiger partial charge on any atom is -0.465 e. The van der Waals surface area contributed by atoms with E-state index in [1.807, 2.05) is 42.0 Å². The largest absolute Gasteiger partial charge is 0.465 e. The van der Waals surface area contributed by atoms with E-state index < -0.39 is 0 Å². The Morgan fingerprint density at radius 3 is 2.53 bits per heavy atom. The topological polar surface area (TPSA) is 26.3 Å². The highest BCUT2D eigenvalue weighted by atomic mass is 32.2. The van der Waals surface area contributed by atoms with Crippen LogP contribution in [0.3, 0.4) is 0 Å². The average molecular weight is 240 g/mol. The SMILES string of the molecule is COC(=O)/C(=C\Sc1ccccc1)SC. The number of hydrogen-bond acceptors (Lipinski definition) is 4. The first-order chi connectivity index (χ1) is 7.27. The summed E-state index contributed by atoms with van der Waals surface area (Å²) in [6.07, 6.45) is 1.86. The van der Waals surface area contributed by atoms with Gasteiger partial charge in [0.2, 0.25) is 0 Å². The molecule has 2 nitrogen and oxygen atoms in total. The number of esters is 1. The van der Waals surface area contributed by atoms with Crippen molar-refractivity contribution in [3.63, 3.8) is 0 Å². The van der Waals surface area contributed by atoms with E-state index in [0.717, 1.165) is 4.90 Å². The number of thioether (sulfide) groups is 2. The van der Waals surface area contributed by atoms with E-state index in [1.165, 1.54) is 30.6 Å². The van der Waals surface area contributed by atoms with Crippen LogP contribution in [0.2, 0.25) is 0 Å². The molecule has 4 heteroatoms. The third-order valence-electron chi connectivity index (χ3n) is 1.65. The minimum atomic E-state index is -0.286. The molecule has 1 rings (SSSR count). The lowest BCUT2D eigenvalue weighted by molar-refractivity contribution is -0.135. The maximum atomic E-state index is 11.2. The lowest BCUT2D eigenvalue weighted by Crippen LogP contribution is -2.00. The van der Waals surface area contributed by atoms with Gasteiger partial charge in [-0.1, -0.05) is 30.0 Å². The van der Waals surface area contributed by atoms with Gasteiger partial charge in [0.1, 0.15) is 0 Å². The minimum absolute atomic E-state index is 0.286. The standard InChI is InChI=1S/C11H12O2S2/c1-13-11(12)10(14-2)8-15-9-6-4-3-5-7-9/h3-8H,1-2H3/b10-8+. The van der Waals surface area contributed by atoms with Crippen molar-refractivity contribution in [3.8, 4) is 0 Å². The Kier molecular flexibility index (Phi) is 5.36. The predicted octanol–water partition coefficient (Wildman–Crippen LogP) is 3.16. The molecule has 0 aliphatic carbocycles. The van der Waals surface area contributed by atoms with Gasteiger partial charge in [-0.25, -0.2) is 4.79 Å². The molecular formula is C11H12O2S2. The van der Waals surface area contributed by atoms with E-state index in [4.69, 9.17) is 0 Å². The second kappa shape index (κ2) is 6.58. The molecule has 0 unspecified atom stereocenters. The fourth-order valence-corrected chi connectivity index (χ4v) is 2.33. The smallest absolute Gasteiger partial charge is 0.344 e. The van der Waals surface area contributed by atoms with Crippen LogP contribution in [0, 0.1) is 0 Å². The Morgan fingerprint density at radius 2 is 2.00 bits per heavy atom. The van der Waals surface area contributed by atoms with Gasteiger partial charge in [0.15, 0.2) is 0 Å². The molecule has 0 radical (unpaired) electrons. The van der Waals surface area contributed by atoms with Gasteiger partial charge >= 0.3 is 5.97 Å². The Hall–Kier alpha value is -0.870. The van der Waals surface area contributed by atoms with Gasteiger partial charge in [-0.15, -0.1) is 11.8 Å². The molecule has 15 heavy (non-hydrogen) atoms. The third-order valence-corrected chi connectivity index (χ3v) is 3.42. The molecule has 1 aromatic carbocycles. The molecule has 0 atom stereocenters. The second-order valence-corrected chi connectivity index (χ2v) is 4.40. The van der Waals surface area contributed by atoms with Crippen molar-refractivity contribution in [2.45, 2.75) is 4.90 Å². The molecule has 0 fully saturated rings. The van der Waals surface area contributed by atoms with Crippen molar-refractivity contribution < 1.29 is 9.53 Å². The molecule has 0 aliphatic rings. The molecule has 0 aromatic heterocycles. The van der Waals surface area contributed by atoms with Crippen LogP contribution in [0.15, 0.2) is 45.5 Å². The number of methoxy groups -OCH3 is 1. The summed E-state index contributed by atoms with van der Waals surface area (Å²) in [5, 5.41) is 1.81. The summed E-state index contributed by atoms with van der Waals surface area (Å²) in [6, 6.07) is 9.89. The first-order valence-electron chi connectivity index (χ1n) is 4.32. The molecule has 1 aromatic rings. The second-order valence-electron chi connectivity index (χ2n) is 2.61. The summed E-state index contributed by atoms with van der Waals surface area (Å²) in [5.74, 6) is -0.286. The van der Waals surface area contributed by atoms with E-state index >= 15 is 0 Å². The highest BCUT2D eigenvalue weighted by Gasteiger charge is 2.07. The molecule has 0 aliphatic heterocycles. The van der Waals surface area contributed by atoms with Gasteiger partial charge in [0, 0.05) is 4.90 Å². The lowest BCUT2D eigenvalue weighted by Gasteiger charge is -2.01. The summed E-state index contributed by atoms with van der Waals surface area (Å²) in [4.78, 5) is 13.0. The highest BCUT2D eigenvalue weighted by Crippen LogP contribution is 2.24. The summed E-state index contributed by atoms with van der Waals surface area (Å²) in [6.45, 7) is 0. The van der Waals surface area contributed by atoms with E-state index in [2.05, 4.69) is 4.74 Å². The van der Waals surface area contributed by atoms with E-state index in [9.17, 15) is 4.79 Å². The monoisotopic (exact) mass is 240 g/mol. The van der Waals surface area contributed by atoms with Crippen molar-refractivity contribution in [1.82, 2.24) is 0 Å². The van der Waals surface area contributed by atoms with Crippen molar-refractivity contribution in [2.24, 2.45) is 0 Å². The predicted molar refractivity (Wildman–Crippen MR) is 65.9 cm³/mol. The first-order valence-corrected chi connectivity index (χ1v) is 6.42. The number of hydrogen-bond donors (Lipinski definition) is 0. The Labute approximate surface area is 98.1 Å². The molecule has 0 heterocycles. The van der Waals surface area contributed by atoms with Crippen LogP contribution >= 0.6 is 23.5 Å². The van der Waals surface area contributed by atoms with Crippen LogP contribution in [0.25, 0.3) is 0 Å². The van der Waals surface area contributed by atoms with E-state index in [0.29, 0.717) is 4.91 Å². The van der Waals surface area contributed by atoms with Gasteiger partial charge < -0.3 is 4.74 Å². The van der Waals surface area contributed by atoms with Crippen LogP contribution in [-0.2, 0) is 9.53 Å². The summed E-state index contributed by atoms with van der Waals surface area (Å²) >= 11 is 2.90. The van der Waals surface area contributed by atoms with Gasteiger partial charge in [-0.3, -0.25) is 0 Å². The molecule has 0 saturated carbocycles. The van der Waals surface area contributed by atoms with Gasteiger partial charge in [-0.05, 0) is 23.8 Å². The van der Waals surface area contributed by atoms with Crippen molar-refractivity contribution in [2.75, 3.05) is 13.4 Å². The number of carbonyl (C=O) groups is 1. The van der Waals surface area contributed by atoms with E-state index in [-0.39, 0.29) is 5.97 Å². The number of ether oxygens (including phenoxy) is 1. The van der Waals surface area contributed by atoms with Crippen LogP contribution in [0.4, 0.5) is 0 Å². The molecular weight excluding hydrogens is 228 g/mol.